The highest BCUT2D eigenvalue weighted by molar-refractivity contribution is 5.69. The molecule has 0 amide bonds. The van der Waals surface area contributed by atoms with E-state index < -0.39 is 0 Å². The Morgan fingerprint density at radius 1 is 1.00 bits per heavy atom. The van der Waals surface area contributed by atoms with E-state index >= 15 is 0 Å². The highest BCUT2D eigenvalue weighted by Crippen LogP contribution is 2.10. The van der Waals surface area contributed by atoms with Gasteiger partial charge < -0.3 is 4.84 Å². The largest absolute Gasteiger partial charge is 0.334 e. The molecule has 0 N–H and O–H groups in total. The fourth-order valence-electron chi connectivity index (χ4n) is 1.74. The molecular weight excluding hydrogens is 214 g/mol. The predicted octanol–water partition coefficient (Wildman–Crippen LogP) is 4.46. The van der Waals surface area contributed by atoms with Gasteiger partial charge in [-0.1, -0.05) is 63.4 Å². The lowest BCUT2D eigenvalue weighted by Crippen LogP contribution is -1.99. The molecule has 0 aliphatic heterocycles. The first-order valence-corrected chi connectivity index (χ1v) is 6.99. The van der Waals surface area contributed by atoms with E-state index in [9.17, 15) is 4.79 Å². The second kappa shape index (κ2) is 13.2. The lowest BCUT2D eigenvalue weighted by atomic mass is 10.1. The van der Waals surface area contributed by atoms with Crippen LogP contribution in [-0.2, 0) is 9.63 Å². The van der Waals surface area contributed by atoms with Gasteiger partial charge in [0, 0.05) is 12.6 Å². The van der Waals surface area contributed by atoms with Crippen molar-refractivity contribution >= 4 is 12.2 Å². The topological polar surface area (TPSA) is 38.7 Å². The summed E-state index contributed by atoms with van der Waals surface area (Å²) in [6, 6.07) is 0. The van der Waals surface area contributed by atoms with Crippen LogP contribution in [0.25, 0.3) is 0 Å². The molecule has 0 atom stereocenters. The molecule has 0 aromatic carbocycles. The summed E-state index contributed by atoms with van der Waals surface area (Å²) in [6.45, 7) is 3.97. The van der Waals surface area contributed by atoms with Gasteiger partial charge in [-0.25, -0.2) is 4.79 Å². The summed E-state index contributed by atoms with van der Waals surface area (Å²) in [5.41, 5.74) is 0. The van der Waals surface area contributed by atoms with Gasteiger partial charge in [0.1, 0.15) is 0 Å². The molecule has 0 bridgehead atoms. The number of hydrogen-bond donors (Lipinski definition) is 0. The summed E-state index contributed by atoms with van der Waals surface area (Å²) >= 11 is 0. The maximum Gasteiger partial charge on any atom is 0.334 e. The summed E-state index contributed by atoms with van der Waals surface area (Å²) in [5.74, 6) is -0.217. The van der Waals surface area contributed by atoms with E-state index in [1.54, 1.807) is 6.92 Å². The number of carbonyl (C=O) groups is 1. The Balaban J connectivity index is 3.10. The number of hydrogen-bond acceptors (Lipinski definition) is 3. The third kappa shape index (κ3) is 13.1. The first kappa shape index (κ1) is 16.1. The fourth-order valence-corrected chi connectivity index (χ4v) is 1.74. The van der Waals surface area contributed by atoms with Gasteiger partial charge in [-0.2, -0.15) is 0 Å². The van der Waals surface area contributed by atoms with Crippen LogP contribution in [0.5, 0.6) is 0 Å². The van der Waals surface area contributed by atoms with E-state index in [0.717, 1.165) is 12.8 Å². The van der Waals surface area contributed by atoms with Crippen LogP contribution in [0.15, 0.2) is 5.16 Å². The molecule has 0 radical (unpaired) electrons. The number of unbranched alkanes of at least 4 members (excludes halogenated alkanes) is 8. The Bertz CT molecular complexity index is 202. The van der Waals surface area contributed by atoms with E-state index in [0.29, 0.717) is 6.42 Å². The number of oxime groups is 1. The quantitative estimate of drug-likeness (QED) is 0.232. The number of nitrogens with zero attached hydrogens (tertiary/aromatic N) is 1. The molecule has 0 aromatic rings. The standard InChI is InChI=1S/C14H27NO2/c1-3-5-6-7-8-9-10-11-12-13-14(16)17-15-4-2/h4H,3,5-13H2,1-2H3/b15-4+. The van der Waals surface area contributed by atoms with Crippen LogP contribution in [0.1, 0.15) is 78.1 Å². The lowest BCUT2D eigenvalue weighted by Gasteiger charge is -2.01. The third-order valence-corrected chi connectivity index (χ3v) is 2.74. The van der Waals surface area contributed by atoms with Crippen molar-refractivity contribution in [2.24, 2.45) is 5.16 Å². The molecule has 3 nitrogen and oxygen atoms in total. The molecule has 0 aromatic heterocycles. The molecule has 0 saturated carbocycles. The van der Waals surface area contributed by atoms with Gasteiger partial charge in [-0.3, -0.25) is 0 Å². The van der Waals surface area contributed by atoms with Crippen LogP contribution >= 0.6 is 0 Å². The molecule has 0 aliphatic rings. The molecule has 0 unspecified atom stereocenters. The van der Waals surface area contributed by atoms with Crippen molar-refractivity contribution in [3.05, 3.63) is 0 Å². The average molecular weight is 241 g/mol. The van der Waals surface area contributed by atoms with Gasteiger partial charge in [-0.05, 0) is 13.3 Å². The molecule has 0 rings (SSSR count). The fraction of sp³-hybridized carbons (Fsp3) is 0.857. The van der Waals surface area contributed by atoms with Crippen molar-refractivity contribution in [2.75, 3.05) is 0 Å². The van der Waals surface area contributed by atoms with Gasteiger partial charge >= 0.3 is 5.97 Å². The van der Waals surface area contributed by atoms with E-state index in [2.05, 4.69) is 16.9 Å². The molecule has 3 heteroatoms. The summed E-state index contributed by atoms with van der Waals surface area (Å²) in [5, 5.41) is 3.45. The Labute approximate surface area is 106 Å². The Kier molecular flexibility index (Phi) is 12.5. The summed E-state index contributed by atoms with van der Waals surface area (Å²) in [4.78, 5) is 15.7. The normalized spacial score (nSPS) is 10.9. The summed E-state index contributed by atoms with van der Waals surface area (Å²) in [6.07, 6.45) is 13.3. The average Bonchev–Trinajstić information content (AvgIpc) is 2.34. The van der Waals surface area contributed by atoms with Gasteiger partial charge in [0.15, 0.2) is 0 Å². The molecule has 0 fully saturated rings. The van der Waals surface area contributed by atoms with Gasteiger partial charge in [0.05, 0.1) is 0 Å². The first-order chi connectivity index (χ1) is 8.31. The second-order valence-electron chi connectivity index (χ2n) is 4.41. The zero-order valence-electron chi connectivity index (χ0n) is 11.4. The minimum Gasteiger partial charge on any atom is -0.319 e. The van der Waals surface area contributed by atoms with Crippen molar-refractivity contribution in [3.63, 3.8) is 0 Å². The highest BCUT2D eigenvalue weighted by Gasteiger charge is 2.01. The summed E-state index contributed by atoms with van der Waals surface area (Å²) < 4.78 is 0. The first-order valence-electron chi connectivity index (χ1n) is 6.99. The van der Waals surface area contributed by atoms with E-state index in [1.807, 2.05) is 0 Å². The van der Waals surface area contributed by atoms with Crippen molar-refractivity contribution in [2.45, 2.75) is 78.1 Å². The third-order valence-electron chi connectivity index (χ3n) is 2.74. The molecule has 0 spiro atoms. The Morgan fingerprint density at radius 2 is 1.53 bits per heavy atom. The molecule has 0 saturated heterocycles. The maximum atomic E-state index is 11.1. The van der Waals surface area contributed by atoms with Crippen LogP contribution in [0.4, 0.5) is 0 Å². The number of rotatable bonds is 11. The number of carbonyl (C=O) groups excluding carboxylic acids is 1. The van der Waals surface area contributed by atoms with Crippen molar-refractivity contribution in [1.82, 2.24) is 0 Å². The highest BCUT2D eigenvalue weighted by atomic mass is 16.7. The SMILES string of the molecule is C/C=N/OC(=O)CCCCCCCCCCC. The monoisotopic (exact) mass is 241 g/mol. The zero-order chi connectivity index (χ0) is 12.8. The minimum absolute atomic E-state index is 0.217. The van der Waals surface area contributed by atoms with Gasteiger partial charge in [0.2, 0.25) is 0 Å². The molecule has 0 aliphatic carbocycles. The van der Waals surface area contributed by atoms with E-state index in [-0.39, 0.29) is 5.97 Å². The van der Waals surface area contributed by atoms with Crippen LogP contribution in [0.2, 0.25) is 0 Å². The van der Waals surface area contributed by atoms with E-state index in [4.69, 9.17) is 0 Å². The zero-order valence-corrected chi connectivity index (χ0v) is 11.4. The second-order valence-corrected chi connectivity index (χ2v) is 4.41. The Morgan fingerprint density at radius 3 is 2.06 bits per heavy atom. The van der Waals surface area contributed by atoms with Crippen LogP contribution in [0, 0.1) is 0 Å². The smallest absolute Gasteiger partial charge is 0.319 e. The van der Waals surface area contributed by atoms with Crippen molar-refractivity contribution in [1.29, 1.82) is 0 Å². The summed E-state index contributed by atoms with van der Waals surface area (Å²) in [7, 11) is 0. The Hall–Kier alpha value is -0.860. The van der Waals surface area contributed by atoms with Crippen LogP contribution in [0.3, 0.4) is 0 Å². The van der Waals surface area contributed by atoms with Crippen LogP contribution in [-0.4, -0.2) is 12.2 Å². The molecule has 17 heavy (non-hydrogen) atoms. The maximum absolute atomic E-state index is 11.1. The minimum atomic E-state index is -0.217. The molecule has 100 valence electrons. The molecular formula is C14H27NO2. The lowest BCUT2D eigenvalue weighted by molar-refractivity contribution is -0.143. The van der Waals surface area contributed by atoms with Crippen molar-refractivity contribution < 1.29 is 9.63 Å². The van der Waals surface area contributed by atoms with Gasteiger partial charge in [0.25, 0.3) is 0 Å². The van der Waals surface area contributed by atoms with Crippen LogP contribution < -0.4 is 0 Å². The van der Waals surface area contributed by atoms with Crippen molar-refractivity contribution in [3.8, 4) is 0 Å². The molecule has 0 heterocycles. The predicted molar refractivity (Wildman–Crippen MR) is 72.1 cm³/mol. The van der Waals surface area contributed by atoms with E-state index in [1.165, 1.54) is 51.2 Å². The van der Waals surface area contributed by atoms with Gasteiger partial charge in [-0.15, -0.1) is 0 Å².